The molecule has 0 radical (unpaired) electrons. The van der Waals surface area contributed by atoms with E-state index in [4.69, 9.17) is 11.5 Å². The average molecular weight is 266 g/mol. The molecule has 0 saturated carbocycles. The van der Waals surface area contributed by atoms with Crippen LogP contribution in [0.15, 0.2) is 29.0 Å². The van der Waals surface area contributed by atoms with Crippen molar-refractivity contribution in [1.29, 1.82) is 0 Å². The SMILES string of the molecule is C=C(N[C@H](C)CC)/C(=C\N=C(N)C(C)CC)C(N)=O. The summed E-state index contributed by atoms with van der Waals surface area (Å²) in [4.78, 5) is 15.5. The standard InChI is InChI=1S/C14H26N4O/c1-6-9(3)13(15)17-8-12(14(16)19)11(5)18-10(4)7-2/h8-10,18H,5-7H2,1-4H3,(H2,15,17)(H2,16,19)/b12-8+/t9?,10-/m1/s1. The maximum absolute atomic E-state index is 11.4. The van der Waals surface area contributed by atoms with Crippen molar-refractivity contribution in [2.24, 2.45) is 22.4 Å². The summed E-state index contributed by atoms with van der Waals surface area (Å²) in [7, 11) is 0. The zero-order chi connectivity index (χ0) is 15.0. The lowest BCUT2D eigenvalue weighted by Crippen LogP contribution is -2.29. The molecule has 0 spiro atoms. The molecule has 19 heavy (non-hydrogen) atoms. The number of rotatable bonds is 8. The molecule has 1 unspecified atom stereocenters. The number of carbonyl (C=O) groups excluding carboxylic acids is 1. The van der Waals surface area contributed by atoms with Crippen molar-refractivity contribution in [2.75, 3.05) is 0 Å². The normalized spacial score (nSPS) is 15.8. The van der Waals surface area contributed by atoms with Gasteiger partial charge in [0.25, 0.3) is 5.91 Å². The smallest absolute Gasteiger partial charge is 0.252 e. The minimum absolute atomic E-state index is 0.168. The first-order chi connectivity index (χ1) is 8.83. The predicted molar refractivity (Wildman–Crippen MR) is 80.4 cm³/mol. The van der Waals surface area contributed by atoms with Crippen LogP contribution in [0.5, 0.6) is 0 Å². The molecular weight excluding hydrogens is 240 g/mol. The Morgan fingerprint density at radius 2 is 1.89 bits per heavy atom. The molecule has 0 bridgehead atoms. The Balaban J connectivity index is 5.02. The molecule has 5 N–H and O–H groups in total. The van der Waals surface area contributed by atoms with Gasteiger partial charge in [-0.1, -0.05) is 27.4 Å². The van der Waals surface area contributed by atoms with Gasteiger partial charge >= 0.3 is 0 Å². The quantitative estimate of drug-likeness (QED) is 0.270. The molecule has 0 aliphatic carbocycles. The zero-order valence-electron chi connectivity index (χ0n) is 12.4. The van der Waals surface area contributed by atoms with E-state index in [1.807, 2.05) is 27.7 Å². The van der Waals surface area contributed by atoms with E-state index in [2.05, 4.69) is 16.9 Å². The summed E-state index contributed by atoms with van der Waals surface area (Å²) in [6, 6.07) is 0.214. The van der Waals surface area contributed by atoms with Crippen LogP contribution in [0.3, 0.4) is 0 Å². The molecule has 0 aromatic rings. The molecule has 2 atom stereocenters. The van der Waals surface area contributed by atoms with Gasteiger partial charge in [0.05, 0.1) is 5.57 Å². The maximum atomic E-state index is 11.4. The monoisotopic (exact) mass is 266 g/mol. The maximum Gasteiger partial charge on any atom is 0.252 e. The van der Waals surface area contributed by atoms with Crippen LogP contribution >= 0.6 is 0 Å². The molecule has 5 nitrogen and oxygen atoms in total. The molecule has 0 aliphatic heterocycles. The van der Waals surface area contributed by atoms with Gasteiger partial charge in [0, 0.05) is 23.9 Å². The van der Waals surface area contributed by atoms with Crippen LogP contribution in [0, 0.1) is 5.92 Å². The number of amides is 1. The second kappa shape index (κ2) is 8.34. The molecule has 0 saturated heterocycles. The molecular formula is C14H26N4O. The number of primary amides is 1. The largest absolute Gasteiger partial charge is 0.387 e. The summed E-state index contributed by atoms with van der Waals surface area (Å²) < 4.78 is 0. The van der Waals surface area contributed by atoms with Gasteiger partial charge in [-0.2, -0.15) is 0 Å². The summed E-state index contributed by atoms with van der Waals surface area (Å²) in [5.74, 6) is 0.0836. The van der Waals surface area contributed by atoms with Crippen LogP contribution in [0.1, 0.15) is 40.5 Å². The van der Waals surface area contributed by atoms with E-state index in [-0.39, 0.29) is 17.5 Å². The number of nitrogens with one attached hydrogen (secondary N) is 1. The predicted octanol–water partition coefficient (Wildman–Crippen LogP) is 1.66. The highest BCUT2D eigenvalue weighted by molar-refractivity contribution is 5.96. The van der Waals surface area contributed by atoms with Gasteiger partial charge in [-0.25, -0.2) is 4.99 Å². The fourth-order valence-corrected chi connectivity index (χ4v) is 1.24. The highest BCUT2D eigenvalue weighted by Gasteiger charge is 2.11. The fraction of sp³-hybridized carbons (Fsp3) is 0.571. The first-order valence-corrected chi connectivity index (χ1v) is 6.62. The summed E-state index contributed by atoms with van der Waals surface area (Å²) in [5, 5.41) is 3.10. The van der Waals surface area contributed by atoms with Crippen molar-refractivity contribution in [3.05, 3.63) is 24.0 Å². The number of carbonyl (C=O) groups is 1. The van der Waals surface area contributed by atoms with Gasteiger partial charge in [-0.05, 0) is 19.8 Å². The highest BCUT2D eigenvalue weighted by atomic mass is 16.1. The second-order valence-electron chi connectivity index (χ2n) is 4.70. The van der Waals surface area contributed by atoms with Gasteiger partial charge in [-0.15, -0.1) is 0 Å². The molecule has 0 rings (SSSR count). The minimum atomic E-state index is -0.568. The number of hydrogen-bond donors (Lipinski definition) is 3. The van der Waals surface area contributed by atoms with Gasteiger partial charge in [0.1, 0.15) is 5.84 Å². The average Bonchev–Trinajstić information content (AvgIpc) is 2.36. The molecule has 0 aromatic carbocycles. The lowest BCUT2D eigenvalue weighted by atomic mass is 10.1. The number of hydrogen-bond acceptors (Lipinski definition) is 3. The summed E-state index contributed by atoms with van der Waals surface area (Å²) in [5.41, 5.74) is 11.9. The van der Waals surface area contributed by atoms with E-state index in [0.717, 1.165) is 12.8 Å². The number of nitrogens with zero attached hydrogens (tertiary/aromatic N) is 1. The van der Waals surface area contributed by atoms with Crippen molar-refractivity contribution in [1.82, 2.24) is 5.32 Å². The molecule has 0 aliphatic rings. The zero-order valence-corrected chi connectivity index (χ0v) is 12.4. The Bertz CT molecular complexity index is 385. The highest BCUT2D eigenvalue weighted by Crippen LogP contribution is 2.08. The van der Waals surface area contributed by atoms with Crippen LogP contribution in [-0.2, 0) is 4.79 Å². The Morgan fingerprint density at radius 3 is 2.32 bits per heavy atom. The van der Waals surface area contributed by atoms with Gasteiger partial charge in [0.15, 0.2) is 0 Å². The molecule has 0 heterocycles. The minimum Gasteiger partial charge on any atom is -0.387 e. The number of amidine groups is 1. The lowest BCUT2D eigenvalue weighted by Gasteiger charge is -2.16. The van der Waals surface area contributed by atoms with Crippen LogP contribution in [0.2, 0.25) is 0 Å². The number of nitrogens with two attached hydrogens (primary N) is 2. The molecule has 5 heteroatoms. The first kappa shape index (κ1) is 17.2. The Labute approximate surface area is 115 Å². The Hall–Kier alpha value is -1.78. The van der Waals surface area contributed by atoms with Crippen molar-refractivity contribution in [2.45, 2.75) is 46.6 Å². The molecule has 0 aromatic heterocycles. The van der Waals surface area contributed by atoms with Crippen LogP contribution in [0.4, 0.5) is 0 Å². The van der Waals surface area contributed by atoms with E-state index >= 15 is 0 Å². The summed E-state index contributed by atoms with van der Waals surface area (Å²) in [6.07, 6.45) is 3.20. The van der Waals surface area contributed by atoms with Crippen molar-refractivity contribution >= 4 is 11.7 Å². The van der Waals surface area contributed by atoms with Gasteiger partial charge in [-0.3, -0.25) is 4.79 Å². The molecule has 108 valence electrons. The van der Waals surface area contributed by atoms with E-state index in [0.29, 0.717) is 11.5 Å². The third-order valence-electron chi connectivity index (χ3n) is 3.08. The van der Waals surface area contributed by atoms with E-state index < -0.39 is 5.91 Å². The second-order valence-corrected chi connectivity index (χ2v) is 4.70. The third-order valence-corrected chi connectivity index (χ3v) is 3.08. The third kappa shape index (κ3) is 6.08. The van der Waals surface area contributed by atoms with Crippen molar-refractivity contribution in [3.63, 3.8) is 0 Å². The fourth-order valence-electron chi connectivity index (χ4n) is 1.24. The number of aliphatic imine (C=N–C) groups is 1. The van der Waals surface area contributed by atoms with Crippen LogP contribution in [-0.4, -0.2) is 17.8 Å². The summed E-state index contributed by atoms with van der Waals surface area (Å²) >= 11 is 0. The van der Waals surface area contributed by atoms with Crippen molar-refractivity contribution in [3.8, 4) is 0 Å². The lowest BCUT2D eigenvalue weighted by molar-refractivity contribution is -0.114. The summed E-state index contributed by atoms with van der Waals surface area (Å²) in [6.45, 7) is 11.9. The Kier molecular flexibility index (Phi) is 7.56. The van der Waals surface area contributed by atoms with E-state index in [1.165, 1.54) is 6.20 Å². The molecule has 1 amide bonds. The van der Waals surface area contributed by atoms with Gasteiger partial charge in [0.2, 0.25) is 0 Å². The first-order valence-electron chi connectivity index (χ1n) is 6.62. The van der Waals surface area contributed by atoms with Crippen LogP contribution in [0.25, 0.3) is 0 Å². The molecule has 0 fully saturated rings. The van der Waals surface area contributed by atoms with Crippen molar-refractivity contribution < 1.29 is 4.79 Å². The van der Waals surface area contributed by atoms with Gasteiger partial charge < -0.3 is 16.8 Å². The Morgan fingerprint density at radius 1 is 1.32 bits per heavy atom. The topological polar surface area (TPSA) is 93.5 Å². The van der Waals surface area contributed by atoms with Crippen LogP contribution < -0.4 is 16.8 Å². The van der Waals surface area contributed by atoms with E-state index in [9.17, 15) is 4.79 Å². The van der Waals surface area contributed by atoms with E-state index in [1.54, 1.807) is 0 Å².